The molecule has 0 aromatic carbocycles. The van der Waals surface area contributed by atoms with Crippen LogP contribution in [0.2, 0.25) is 0 Å². The SMILES string of the molecule is CN[C@H](C)c1cccnc1N. The number of rotatable bonds is 2. The van der Waals surface area contributed by atoms with Gasteiger partial charge >= 0.3 is 0 Å². The van der Waals surface area contributed by atoms with E-state index in [-0.39, 0.29) is 6.04 Å². The molecule has 1 rings (SSSR count). The van der Waals surface area contributed by atoms with Crippen molar-refractivity contribution >= 4 is 5.82 Å². The predicted octanol–water partition coefficient (Wildman–Crippen LogP) is 0.944. The lowest BCUT2D eigenvalue weighted by Gasteiger charge is -2.11. The van der Waals surface area contributed by atoms with Gasteiger partial charge in [0.1, 0.15) is 5.82 Å². The second-order valence-electron chi connectivity index (χ2n) is 2.49. The number of pyridine rings is 1. The lowest BCUT2D eigenvalue weighted by Crippen LogP contribution is -2.14. The topological polar surface area (TPSA) is 50.9 Å². The van der Waals surface area contributed by atoms with Gasteiger partial charge in [0.05, 0.1) is 0 Å². The molecule has 0 aliphatic heterocycles. The maximum absolute atomic E-state index is 5.65. The van der Waals surface area contributed by atoms with Crippen LogP contribution in [0.4, 0.5) is 5.82 Å². The van der Waals surface area contributed by atoms with Crippen LogP contribution in [-0.4, -0.2) is 12.0 Å². The molecule has 3 N–H and O–H groups in total. The van der Waals surface area contributed by atoms with Gasteiger partial charge in [-0.1, -0.05) is 6.07 Å². The van der Waals surface area contributed by atoms with E-state index in [2.05, 4.69) is 10.3 Å². The predicted molar refractivity (Wildman–Crippen MR) is 46.1 cm³/mol. The first-order valence-corrected chi connectivity index (χ1v) is 3.63. The number of nitrogen functional groups attached to an aromatic ring is 1. The minimum Gasteiger partial charge on any atom is -0.383 e. The molecule has 0 radical (unpaired) electrons. The molecular weight excluding hydrogens is 138 g/mol. The number of aromatic nitrogens is 1. The van der Waals surface area contributed by atoms with Crippen molar-refractivity contribution in [2.75, 3.05) is 12.8 Å². The van der Waals surface area contributed by atoms with E-state index in [0.717, 1.165) is 5.56 Å². The monoisotopic (exact) mass is 151 g/mol. The van der Waals surface area contributed by atoms with Gasteiger partial charge in [0.15, 0.2) is 0 Å². The Bertz CT molecular complexity index is 235. The normalized spacial score (nSPS) is 12.9. The van der Waals surface area contributed by atoms with Crippen molar-refractivity contribution < 1.29 is 0 Å². The highest BCUT2D eigenvalue weighted by molar-refractivity contribution is 5.40. The Hall–Kier alpha value is -1.09. The molecule has 1 aromatic rings. The van der Waals surface area contributed by atoms with Crippen molar-refractivity contribution in [3.05, 3.63) is 23.9 Å². The zero-order valence-corrected chi connectivity index (χ0v) is 6.83. The summed E-state index contributed by atoms with van der Waals surface area (Å²) in [5.41, 5.74) is 6.70. The van der Waals surface area contributed by atoms with Crippen LogP contribution in [0, 0.1) is 0 Å². The number of nitrogens with zero attached hydrogens (tertiary/aromatic N) is 1. The second-order valence-corrected chi connectivity index (χ2v) is 2.49. The molecule has 3 nitrogen and oxygen atoms in total. The molecule has 1 heterocycles. The summed E-state index contributed by atoms with van der Waals surface area (Å²) < 4.78 is 0. The Morgan fingerprint density at radius 1 is 1.64 bits per heavy atom. The molecule has 0 amide bonds. The first-order chi connectivity index (χ1) is 5.25. The van der Waals surface area contributed by atoms with Crippen molar-refractivity contribution in [3.63, 3.8) is 0 Å². The summed E-state index contributed by atoms with van der Waals surface area (Å²) in [4.78, 5) is 3.99. The number of hydrogen-bond donors (Lipinski definition) is 2. The van der Waals surface area contributed by atoms with E-state index in [4.69, 9.17) is 5.73 Å². The smallest absolute Gasteiger partial charge is 0.128 e. The number of hydrogen-bond acceptors (Lipinski definition) is 3. The van der Waals surface area contributed by atoms with E-state index < -0.39 is 0 Å². The molecule has 0 fully saturated rings. The summed E-state index contributed by atoms with van der Waals surface area (Å²) in [6, 6.07) is 4.13. The van der Waals surface area contributed by atoms with Gasteiger partial charge in [0.2, 0.25) is 0 Å². The van der Waals surface area contributed by atoms with Gasteiger partial charge < -0.3 is 11.1 Å². The van der Waals surface area contributed by atoms with Crippen molar-refractivity contribution in [1.82, 2.24) is 10.3 Å². The maximum Gasteiger partial charge on any atom is 0.128 e. The van der Waals surface area contributed by atoms with Crippen LogP contribution in [0.1, 0.15) is 18.5 Å². The fraction of sp³-hybridized carbons (Fsp3) is 0.375. The molecule has 0 unspecified atom stereocenters. The van der Waals surface area contributed by atoms with Gasteiger partial charge in [-0.05, 0) is 20.0 Å². The minimum absolute atomic E-state index is 0.267. The third-order valence-electron chi connectivity index (χ3n) is 1.77. The lowest BCUT2D eigenvalue weighted by atomic mass is 10.1. The molecule has 0 bridgehead atoms. The van der Waals surface area contributed by atoms with Crippen LogP contribution < -0.4 is 11.1 Å². The third kappa shape index (κ3) is 1.68. The van der Waals surface area contributed by atoms with Crippen LogP contribution in [-0.2, 0) is 0 Å². The molecule has 0 saturated carbocycles. The molecule has 0 aliphatic carbocycles. The molecule has 1 atom stereocenters. The quantitative estimate of drug-likeness (QED) is 0.661. The summed E-state index contributed by atoms with van der Waals surface area (Å²) in [5.74, 6) is 0.606. The summed E-state index contributed by atoms with van der Waals surface area (Å²) in [5, 5.41) is 3.10. The largest absolute Gasteiger partial charge is 0.383 e. The second kappa shape index (κ2) is 3.34. The summed E-state index contributed by atoms with van der Waals surface area (Å²) >= 11 is 0. The highest BCUT2D eigenvalue weighted by atomic mass is 14.9. The van der Waals surface area contributed by atoms with Crippen LogP contribution in [0.5, 0.6) is 0 Å². The number of nitrogens with two attached hydrogens (primary N) is 1. The number of nitrogens with one attached hydrogen (secondary N) is 1. The first kappa shape index (κ1) is 8.01. The fourth-order valence-electron chi connectivity index (χ4n) is 0.952. The van der Waals surface area contributed by atoms with Gasteiger partial charge in [0.25, 0.3) is 0 Å². The van der Waals surface area contributed by atoms with Gasteiger partial charge in [-0.25, -0.2) is 4.98 Å². The Morgan fingerprint density at radius 2 is 2.36 bits per heavy atom. The Labute approximate surface area is 66.6 Å². The van der Waals surface area contributed by atoms with Crippen molar-refractivity contribution in [2.24, 2.45) is 0 Å². The summed E-state index contributed by atoms with van der Waals surface area (Å²) in [6.45, 7) is 2.05. The minimum atomic E-state index is 0.267. The third-order valence-corrected chi connectivity index (χ3v) is 1.77. The molecule has 0 saturated heterocycles. The van der Waals surface area contributed by atoms with E-state index in [1.807, 2.05) is 26.1 Å². The molecule has 0 aliphatic rings. The highest BCUT2D eigenvalue weighted by Gasteiger charge is 2.05. The van der Waals surface area contributed by atoms with E-state index in [0.29, 0.717) is 5.82 Å². The summed E-state index contributed by atoms with van der Waals surface area (Å²) in [6.07, 6.45) is 1.70. The van der Waals surface area contributed by atoms with E-state index in [1.165, 1.54) is 0 Å². The Balaban J connectivity index is 2.93. The van der Waals surface area contributed by atoms with E-state index in [1.54, 1.807) is 6.20 Å². The molecular formula is C8H13N3. The summed E-state index contributed by atoms with van der Waals surface area (Å²) in [7, 11) is 1.90. The van der Waals surface area contributed by atoms with Crippen LogP contribution >= 0.6 is 0 Å². The zero-order chi connectivity index (χ0) is 8.27. The molecule has 3 heteroatoms. The van der Waals surface area contributed by atoms with Crippen LogP contribution in [0.25, 0.3) is 0 Å². The van der Waals surface area contributed by atoms with E-state index >= 15 is 0 Å². The maximum atomic E-state index is 5.65. The fourth-order valence-corrected chi connectivity index (χ4v) is 0.952. The van der Waals surface area contributed by atoms with Gasteiger partial charge in [-0.15, -0.1) is 0 Å². The van der Waals surface area contributed by atoms with Gasteiger partial charge in [-0.3, -0.25) is 0 Å². The van der Waals surface area contributed by atoms with Crippen molar-refractivity contribution in [2.45, 2.75) is 13.0 Å². The standard InChI is InChI=1S/C8H13N3/c1-6(10-2)7-4-3-5-11-8(7)9/h3-6,10H,1-2H3,(H2,9,11)/t6-/m1/s1. The van der Waals surface area contributed by atoms with Crippen LogP contribution in [0.15, 0.2) is 18.3 Å². The van der Waals surface area contributed by atoms with Gasteiger partial charge in [-0.2, -0.15) is 0 Å². The molecule has 1 aromatic heterocycles. The highest BCUT2D eigenvalue weighted by Crippen LogP contribution is 2.15. The lowest BCUT2D eigenvalue weighted by molar-refractivity contribution is 0.652. The molecule has 0 spiro atoms. The Morgan fingerprint density at radius 3 is 2.91 bits per heavy atom. The van der Waals surface area contributed by atoms with Crippen molar-refractivity contribution in [1.29, 1.82) is 0 Å². The van der Waals surface area contributed by atoms with Gasteiger partial charge in [0, 0.05) is 17.8 Å². The first-order valence-electron chi connectivity index (χ1n) is 3.63. The molecule has 11 heavy (non-hydrogen) atoms. The van der Waals surface area contributed by atoms with Crippen molar-refractivity contribution in [3.8, 4) is 0 Å². The number of anilines is 1. The van der Waals surface area contributed by atoms with E-state index in [9.17, 15) is 0 Å². The average molecular weight is 151 g/mol. The van der Waals surface area contributed by atoms with Crippen LogP contribution in [0.3, 0.4) is 0 Å². The molecule has 60 valence electrons. The zero-order valence-electron chi connectivity index (χ0n) is 6.83. The Kier molecular flexibility index (Phi) is 2.44. The average Bonchev–Trinajstić information content (AvgIpc) is 2.04.